The highest BCUT2D eigenvalue weighted by atomic mass is 16.5. The normalized spacial score (nSPS) is 16.5. The molecule has 7 nitrogen and oxygen atoms in total. The Morgan fingerprint density at radius 2 is 2.22 bits per heavy atom. The molecule has 0 spiro atoms. The van der Waals surface area contributed by atoms with Crippen LogP contribution in [0, 0.1) is 5.92 Å². The molecule has 27 heavy (non-hydrogen) atoms. The Balaban J connectivity index is 1.91. The van der Waals surface area contributed by atoms with E-state index in [1.54, 1.807) is 18.1 Å². The van der Waals surface area contributed by atoms with Crippen molar-refractivity contribution in [1.82, 2.24) is 10.2 Å². The summed E-state index contributed by atoms with van der Waals surface area (Å²) in [7, 11) is 1.57. The number of benzene rings is 1. The molecule has 1 unspecified atom stereocenters. The van der Waals surface area contributed by atoms with E-state index in [-0.39, 0.29) is 24.3 Å². The smallest absolute Gasteiger partial charge is 0.260 e. The first-order valence-electron chi connectivity index (χ1n) is 9.25. The summed E-state index contributed by atoms with van der Waals surface area (Å²) in [6, 6.07) is 5.59. The molecule has 148 valence electrons. The molecule has 1 atom stereocenters. The average molecular weight is 375 g/mol. The minimum atomic E-state index is -0.193. The number of hydrogen-bond donors (Lipinski definition) is 2. The van der Waals surface area contributed by atoms with Crippen LogP contribution >= 0.6 is 0 Å². The first-order valence-corrected chi connectivity index (χ1v) is 9.25. The predicted octanol–water partition coefficient (Wildman–Crippen LogP) is 1.12. The third kappa shape index (κ3) is 5.99. The molecule has 0 aliphatic carbocycles. The van der Waals surface area contributed by atoms with E-state index >= 15 is 0 Å². The summed E-state index contributed by atoms with van der Waals surface area (Å²) in [5.41, 5.74) is 6.47. The number of nitrogens with two attached hydrogens (primary N) is 1. The van der Waals surface area contributed by atoms with Gasteiger partial charge < -0.3 is 25.4 Å². The number of amides is 2. The Kier molecular flexibility index (Phi) is 8.13. The van der Waals surface area contributed by atoms with Crippen molar-refractivity contribution in [2.45, 2.75) is 19.3 Å². The van der Waals surface area contributed by atoms with Crippen molar-refractivity contribution in [1.29, 1.82) is 0 Å². The number of ether oxygens (including phenoxy) is 2. The van der Waals surface area contributed by atoms with Gasteiger partial charge in [0.05, 0.1) is 13.0 Å². The highest BCUT2D eigenvalue weighted by Gasteiger charge is 2.28. The van der Waals surface area contributed by atoms with Crippen LogP contribution in [-0.4, -0.2) is 56.6 Å². The lowest BCUT2D eigenvalue weighted by atomic mass is 9.97. The van der Waals surface area contributed by atoms with E-state index in [0.717, 1.165) is 24.8 Å². The molecule has 1 saturated heterocycles. The standard InChI is InChI=1S/C20H29N3O4/c1-3-5-15-7-8-17(18(12-15)26-2)27-14-19(24)23-11-4-6-16(13-23)20(25)22-10-9-21/h3,7-8,12,16H,1,4-6,9-11,13-14,21H2,2H3,(H,22,25). The van der Waals surface area contributed by atoms with Gasteiger partial charge >= 0.3 is 0 Å². The van der Waals surface area contributed by atoms with Crippen molar-refractivity contribution in [2.75, 3.05) is 39.9 Å². The van der Waals surface area contributed by atoms with Crippen LogP contribution in [0.3, 0.4) is 0 Å². The summed E-state index contributed by atoms with van der Waals surface area (Å²) in [4.78, 5) is 26.3. The summed E-state index contributed by atoms with van der Waals surface area (Å²) in [6.45, 7) is 5.54. The van der Waals surface area contributed by atoms with Gasteiger partial charge in [0.25, 0.3) is 5.91 Å². The number of carbonyl (C=O) groups excluding carboxylic acids is 2. The van der Waals surface area contributed by atoms with Gasteiger partial charge in [-0.3, -0.25) is 9.59 Å². The molecule has 0 saturated carbocycles. The van der Waals surface area contributed by atoms with Gasteiger partial charge in [0.15, 0.2) is 18.1 Å². The molecule has 1 heterocycles. The highest BCUT2D eigenvalue weighted by Crippen LogP contribution is 2.28. The second-order valence-corrected chi connectivity index (χ2v) is 6.53. The van der Waals surface area contributed by atoms with Gasteiger partial charge in [0.1, 0.15) is 0 Å². The maximum Gasteiger partial charge on any atom is 0.260 e. The van der Waals surface area contributed by atoms with Crippen molar-refractivity contribution in [2.24, 2.45) is 11.7 Å². The largest absolute Gasteiger partial charge is 0.493 e. The third-order valence-corrected chi connectivity index (χ3v) is 4.55. The Morgan fingerprint density at radius 3 is 2.93 bits per heavy atom. The molecule has 0 bridgehead atoms. The number of hydrogen-bond acceptors (Lipinski definition) is 5. The third-order valence-electron chi connectivity index (χ3n) is 4.55. The fourth-order valence-electron chi connectivity index (χ4n) is 3.11. The van der Waals surface area contributed by atoms with Crippen molar-refractivity contribution in [3.63, 3.8) is 0 Å². The lowest BCUT2D eigenvalue weighted by Gasteiger charge is -2.32. The van der Waals surface area contributed by atoms with E-state index in [0.29, 0.717) is 37.7 Å². The Bertz CT molecular complexity index is 663. The zero-order valence-electron chi connectivity index (χ0n) is 15.9. The lowest BCUT2D eigenvalue weighted by molar-refractivity contribution is -0.137. The molecule has 1 aliphatic heterocycles. The lowest BCUT2D eigenvalue weighted by Crippen LogP contribution is -2.47. The quantitative estimate of drug-likeness (QED) is 0.631. The van der Waals surface area contributed by atoms with Crippen LogP contribution < -0.4 is 20.5 Å². The molecule has 1 aliphatic rings. The molecular weight excluding hydrogens is 346 g/mol. The second-order valence-electron chi connectivity index (χ2n) is 6.53. The zero-order valence-corrected chi connectivity index (χ0v) is 15.9. The fraction of sp³-hybridized carbons (Fsp3) is 0.500. The Morgan fingerprint density at radius 1 is 1.41 bits per heavy atom. The van der Waals surface area contributed by atoms with Crippen molar-refractivity contribution in [3.05, 3.63) is 36.4 Å². The molecule has 1 aromatic rings. The number of carbonyl (C=O) groups is 2. The van der Waals surface area contributed by atoms with Gasteiger partial charge in [0, 0.05) is 26.2 Å². The molecule has 3 N–H and O–H groups in total. The Labute approximate surface area is 160 Å². The minimum absolute atomic E-state index is 0.0432. The zero-order chi connectivity index (χ0) is 19.6. The topological polar surface area (TPSA) is 93.9 Å². The summed E-state index contributed by atoms with van der Waals surface area (Å²) in [5, 5.41) is 2.79. The molecule has 1 fully saturated rings. The van der Waals surface area contributed by atoms with Gasteiger partial charge in [-0.25, -0.2) is 0 Å². The number of piperidine rings is 1. The maximum atomic E-state index is 12.5. The van der Waals surface area contributed by atoms with E-state index in [1.807, 2.05) is 18.2 Å². The molecular formula is C20H29N3O4. The van der Waals surface area contributed by atoms with Crippen LogP contribution in [-0.2, 0) is 16.0 Å². The molecule has 2 rings (SSSR count). The van der Waals surface area contributed by atoms with Crippen molar-refractivity contribution >= 4 is 11.8 Å². The number of nitrogens with zero attached hydrogens (tertiary/aromatic N) is 1. The van der Waals surface area contributed by atoms with Gasteiger partial charge in [-0.15, -0.1) is 6.58 Å². The fourth-order valence-corrected chi connectivity index (χ4v) is 3.11. The van der Waals surface area contributed by atoms with E-state index in [1.165, 1.54) is 0 Å². The summed E-state index contributed by atoms with van der Waals surface area (Å²) in [6.07, 6.45) is 4.12. The average Bonchev–Trinajstić information content (AvgIpc) is 2.70. The molecule has 7 heteroatoms. The van der Waals surface area contributed by atoms with E-state index < -0.39 is 0 Å². The van der Waals surface area contributed by atoms with Crippen LogP contribution in [0.15, 0.2) is 30.9 Å². The van der Waals surface area contributed by atoms with Gasteiger partial charge in [-0.05, 0) is 37.0 Å². The van der Waals surface area contributed by atoms with Crippen LogP contribution in [0.25, 0.3) is 0 Å². The second kappa shape index (κ2) is 10.6. The summed E-state index contributed by atoms with van der Waals surface area (Å²) < 4.78 is 11.0. The Hall–Kier alpha value is -2.54. The maximum absolute atomic E-state index is 12.5. The van der Waals surface area contributed by atoms with Gasteiger partial charge in [-0.1, -0.05) is 12.1 Å². The molecule has 0 aromatic heterocycles. The molecule has 1 aromatic carbocycles. The SMILES string of the molecule is C=CCc1ccc(OCC(=O)N2CCCC(C(=O)NCCN)C2)c(OC)c1. The number of methoxy groups -OCH3 is 1. The highest BCUT2D eigenvalue weighted by molar-refractivity contribution is 5.82. The van der Waals surface area contributed by atoms with Crippen LogP contribution in [0.2, 0.25) is 0 Å². The van der Waals surface area contributed by atoms with Crippen LogP contribution in [0.1, 0.15) is 18.4 Å². The number of rotatable bonds is 9. The monoisotopic (exact) mass is 375 g/mol. The van der Waals surface area contributed by atoms with Crippen LogP contribution in [0.4, 0.5) is 0 Å². The number of nitrogens with one attached hydrogen (secondary N) is 1. The first kappa shape index (κ1) is 20.8. The molecule has 2 amide bonds. The van der Waals surface area contributed by atoms with Crippen LogP contribution in [0.5, 0.6) is 11.5 Å². The number of allylic oxidation sites excluding steroid dienone is 1. The van der Waals surface area contributed by atoms with Gasteiger partial charge in [0.2, 0.25) is 5.91 Å². The minimum Gasteiger partial charge on any atom is -0.493 e. The summed E-state index contributed by atoms with van der Waals surface area (Å²) >= 11 is 0. The van der Waals surface area contributed by atoms with Crippen molar-refractivity contribution in [3.8, 4) is 11.5 Å². The van der Waals surface area contributed by atoms with E-state index in [2.05, 4.69) is 11.9 Å². The predicted molar refractivity (Wildman–Crippen MR) is 104 cm³/mol. The molecule has 0 radical (unpaired) electrons. The van der Waals surface area contributed by atoms with E-state index in [4.69, 9.17) is 15.2 Å². The van der Waals surface area contributed by atoms with E-state index in [9.17, 15) is 9.59 Å². The van der Waals surface area contributed by atoms with Crippen molar-refractivity contribution < 1.29 is 19.1 Å². The summed E-state index contributed by atoms with van der Waals surface area (Å²) in [5.74, 6) is 0.733. The number of likely N-dealkylation sites (tertiary alicyclic amines) is 1. The van der Waals surface area contributed by atoms with Gasteiger partial charge in [-0.2, -0.15) is 0 Å². The first-order chi connectivity index (χ1) is 13.1.